The Morgan fingerprint density at radius 2 is 2.47 bits per heavy atom. The van der Waals surface area contributed by atoms with Crippen molar-refractivity contribution in [3.63, 3.8) is 0 Å². The standard InChI is InChI=1S/C10H14N6O/c1-16-5-3-7(15-16)2-4-12-10(17)9-8(11)6-13-14-9/h3,5-6H,2,4,11H2,1H3,(H,12,17)(H,13,14). The smallest absolute Gasteiger partial charge is 0.271 e. The fraction of sp³-hybridized carbons (Fsp3) is 0.300. The Morgan fingerprint density at radius 3 is 3.06 bits per heavy atom. The van der Waals surface area contributed by atoms with E-state index in [1.54, 1.807) is 4.68 Å². The first-order valence-electron chi connectivity index (χ1n) is 5.22. The summed E-state index contributed by atoms with van der Waals surface area (Å²) in [4.78, 5) is 11.6. The highest BCUT2D eigenvalue weighted by molar-refractivity contribution is 5.96. The van der Waals surface area contributed by atoms with Gasteiger partial charge in [-0.15, -0.1) is 0 Å². The first kappa shape index (κ1) is 11.2. The lowest BCUT2D eigenvalue weighted by atomic mass is 10.3. The normalized spacial score (nSPS) is 10.4. The molecule has 7 nitrogen and oxygen atoms in total. The van der Waals surface area contributed by atoms with E-state index in [4.69, 9.17) is 5.73 Å². The van der Waals surface area contributed by atoms with E-state index in [1.807, 2.05) is 19.3 Å². The lowest BCUT2D eigenvalue weighted by Gasteiger charge is -2.02. The molecule has 0 unspecified atom stereocenters. The number of amides is 1. The van der Waals surface area contributed by atoms with Crippen molar-refractivity contribution in [3.8, 4) is 0 Å². The van der Waals surface area contributed by atoms with Crippen molar-refractivity contribution in [2.45, 2.75) is 6.42 Å². The van der Waals surface area contributed by atoms with Crippen LogP contribution in [0.5, 0.6) is 0 Å². The van der Waals surface area contributed by atoms with Crippen LogP contribution in [0, 0.1) is 0 Å². The zero-order valence-electron chi connectivity index (χ0n) is 9.47. The molecule has 2 aromatic rings. The summed E-state index contributed by atoms with van der Waals surface area (Å²) >= 11 is 0. The largest absolute Gasteiger partial charge is 0.396 e. The number of rotatable bonds is 4. The highest BCUT2D eigenvalue weighted by atomic mass is 16.1. The number of nitrogens with one attached hydrogen (secondary N) is 2. The molecule has 0 spiro atoms. The maximum Gasteiger partial charge on any atom is 0.271 e. The molecule has 7 heteroatoms. The Kier molecular flexibility index (Phi) is 3.08. The molecule has 0 bridgehead atoms. The van der Waals surface area contributed by atoms with Gasteiger partial charge >= 0.3 is 0 Å². The number of carbonyl (C=O) groups is 1. The van der Waals surface area contributed by atoms with Crippen LogP contribution in [0.2, 0.25) is 0 Å². The molecule has 1 amide bonds. The van der Waals surface area contributed by atoms with Gasteiger partial charge in [-0.25, -0.2) is 0 Å². The summed E-state index contributed by atoms with van der Waals surface area (Å²) in [5.41, 5.74) is 7.14. The molecule has 0 fully saturated rings. The zero-order chi connectivity index (χ0) is 12.3. The molecule has 0 aliphatic rings. The molecule has 0 aromatic carbocycles. The van der Waals surface area contributed by atoms with E-state index in [2.05, 4.69) is 20.6 Å². The van der Waals surface area contributed by atoms with E-state index >= 15 is 0 Å². The highest BCUT2D eigenvalue weighted by Gasteiger charge is 2.10. The van der Waals surface area contributed by atoms with Crippen molar-refractivity contribution >= 4 is 11.6 Å². The van der Waals surface area contributed by atoms with Crippen LogP contribution in [-0.2, 0) is 13.5 Å². The maximum atomic E-state index is 11.6. The molecule has 90 valence electrons. The van der Waals surface area contributed by atoms with E-state index in [0.717, 1.165) is 5.69 Å². The van der Waals surface area contributed by atoms with Crippen molar-refractivity contribution < 1.29 is 4.79 Å². The molecule has 2 rings (SSSR count). The van der Waals surface area contributed by atoms with Crippen LogP contribution in [-0.4, -0.2) is 32.4 Å². The summed E-state index contributed by atoms with van der Waals surface area (Å²) in [6.07, 6.45) is 3.96. The van der Waals surface area contributed by atoms with Gasteiger partial charge in [-0.1, -0.05) is 0 Å². The van der Waals surface area contributed by atoms with Gasteiger partial charge in [0, 0.05) is 26.2 Å². The van der Waals surface area contributed by atoms with Crippen LogP contribution in [0.15, 0.2) is 18.5 Å². The van der Waals surface area contributed by atoms with E-state index in [9.17, 15) is 4.79 Å². The van der Waals surface area contributed by atoms with Crippen LogP contribution in [0.3, 0.4) is 0 Å². The predicted octanol–water partition coefficient (Wildman–Crippen LogP) is -0.302. The number of nitrogens with zero attached hydrogens (tertiary/aromatic N) is 3. The summed E-state index contributed by atoms with van der Waals surface area (Å²) in [7, 11) is 1.85. The maximum absolute atomic E-state index is 11.6. The predicted molar refractivity (Wildman–Crippen MR) is 62.2 cm³/mol. The van der Waals surface area contributed by atoms with Crippen molar-refractivity contribution in [1.82, 2.24) is 25.3 Å². The van der Waals surface area contributed by atoms with Gasteiger partial charge in [0.2, 0.25) is 0 Å². The summed E-state index contributed by atoms with van der Waals surface area (Å²) in [6, 6.07) is 1.91. The molecule has 0 atom stereocenters. The van der Waals surface area contributed by atoms with Crippen molar-refractivity contribution in [2.24, 2.45) is 7.05 Å². The summed E-state index contributed by atoms with van der Waals surface area (Å²) in [5.74, 6) is -0.254. The Balaban J connectivity index is 1.83. The van der Waals surface area contributed by atoms with Crippen LogP contribution in [0.1, 0.15) is 16.2 Å². The second-order valence-corrected chi connectivity index (χ2v) is 3.69. The number of aromatic amines is 1. The van der Waals surface area contributed by atoms with E-state index < -0.39 is 0 Å². The number of aromatic nitrogens is 4. The molecule has 2 aromatic heterocycles. The topological polar surface area (TPSA) is 102 Å². The molecule has 0 saturated carbocycles. The Morgan fingerprint density at radius 1 is 1.65 bits per heavy atom. The quantitative estimate of drug-likeness (QED) is 0.675. The van der Waals surface area contributed by atoms with Crippen molar-refractivity contribution in [2.75, 3.05) is 12.3 Å². The van der Waals surface area contributed by atoms with Crippen LogP contribution < -0.4 is 11.1 Å². The summed E-state index contributed by atoms with van der Waals surface area (Å²) < 4.78 is 1.73. The minimum atomic E-state index is -0.254. The van der Waals surface area contributed by atoms with Crippen molar-refractivity contribution in [1.29, 1.82) is 0 Å². The van der Waals surface area contributed by atoms with Gasteiger partial charge in [-0.05, 0) is 6.07 Å². The monoisotopic (exact) mass is 234 g/mol. The van der Waals surface area contributed by atoms with Gasteiger partial charge in [0.1, 0.15) is 5.69 Å². The van der Waals surface area contributed by atoms with Crippen LogP contribution in [0.4, 0.5) is 5.69 Å². The molecule has 0 aliphatic carbocycles. The van der Waals surface area contributed by atoms with E-state index in [0.29, 0.717) is 24.3 Å². The van der Waals surface area contributed by atoms with Gasteiger partial charge in [0.15, 0.2) is 0 Å². The molecule has 0 saturated heterocycles. The number of carbonyl (C=O) groups excluding carboxylic acids is 1. The minimum absolute atomic E-state index is 0.254. The average Bonchev–Trinajstić information content (AvgIpc) is 2.87. The zero-order valence-corrected chi connectivity index (χ0v) is 9.47. The van der Waals surface area contributed by atoms with Gasteiger partial charge in [0.25, 0.3) is 5.91 Å². The highest BCUT2D eigenvalue weighted by Crippen LogP contribution is 2.05. The lowest BCUT2D eigenvalue weighted by molar-refractivity contribution is 0.0950. The molecule has 17 heavy (non-hydrogen) atoms. The fourth-order valence-electron chi connectivity index (χ4n) is 1.47. The number of aryl methyl sites for hydroxylation is 1. The van der Waals surface area contributed by atoms with Gasteiger partial charge < -0.3 is 11.1 Å². The number of H-pyrrole nitrogens is 1. The molecule has 0 aliphatic heterocycles. The first-order valence-corrected chi connectivity index (χ1v) is 5.22. The number of nitrogen functional groups attached to an aromatic ring is 1. The first-order chi connectivity index (χ1) is 8.16. The van der Waals surface area contributed by atoms with Gasteiger partial charge in [-0.3, -0.25) is 14.6 Å². The molecule has 4 N–H and O–H groups in total. The van der Waals surface area contributed by atoms with Gasteiger partial charge in [0.05, 0.1) is 17.6 Å². The molecular formula is C10H14N6O. The average molecular weight is 234 g/mol. The summed E-state index contributed by atoms with van der Waals surface area (Å²) in [5, 5.41) is 13.2. The summed E-state index contributed by atoms with van der Waals surface area (Å²) in [6.45, 7) is 0.508. The Hall–Kier alpha value is -2.31. The van der Waals surface area contributed by atoms with Gasteiger partial charge in [-0.2, -0.15) is 10.2 Å². The SMILES string of the molecule is Cn1ccc(CCNC(=O)c2[nH]ncc2N)n1. The van der Waals surface area contributed by atoms with E-state index in [1.165, 1.54) is 6.20 Å². The third-order valence-corrected chi connectivity index (χ3v) is 2.33. The molecule has 0 radical (unpaired) electrons. The van der Waals surface area contributed by atoms with Crippen LogP contribution in [0.25, 0.3) is 0 Å². The number of anilines is 1. The fourth-order valence-corrected chi connectivity index (χ4v) is 1.47. The van der Waals surface area contributed by atoms with E-state index in [-0.39, 0.29) is 5.91 Å². The lowest BCUT2D eigenvalue weighted by Crippen LogP contribution is -2.26. The Bertz CT molecular complexity index is 514. The molecule has 2 heterocycles. The third-order valence-electron chi connectivity index (χ3n) is 2.33. The number of hydrogen-bond acceptors (Lipinski definition) is 4. The Labute approximate surface area is 98.0 Å². The number of nitrogens with two attached hydrogens (primary N) is 1. The molecular weight excluding hydrogens is 220 g/mol. The number of hydrogen-bond donors (Lipinski definition) is 3. The second kappa shape index (κ2) is 4.69. The third kappa shape index (κ3) is 2.63. The second-order valence-electron chi connectivity index (χ2n) is 3.69. The minimum Gasteiger partial charge on any atom is -0.396 e. The van der Waals surface area contributed by atoms with Crippen LogP contribution >= 0.6 is 0 Å². The van der Waals surface area contributed by atoms with Crippen molar-refractivity contribution in [3.05, 3.63) is 29.8 Å².